The largest absolute Gasteiger partial charge is 0.468 e. The third kappa shape index (κ3) is 3.66. The molecule has 5 nitrogen and oxygen atoms in total. The van der Waals surface area contributed by atoms with E-state index in [1.165, 1.54) is 12.8 Å². The van der Waals surface area contributed by atoms with Crippen LogP contribution in [0.4, 0.5) is 0 Å². The summed E-state index contributed by atoms with van der Waals surface area (Å²) in [5.74, 6) is 0.922. The first kappa shape index (κ1) is 17.8. The highest BCUT2D eigenvalue weighted by Gasteiger charge is 2.26. The van der Waals surface area contributed by atoms with Gasteiger partial charge in [-0.15, -0.1) is 0 Å². The van der Waals surface area contributed by atoms with Gasteiger partial charge in [0.2, 0.25) is 0 Å². The van der Waals surface area contributed by atoms with Crippen LogP contribution in [0, 0.1) is 13.8 Å². The summed E-state index contributed by atoms with van der Waals surface area (Å²) in [6.45, 7) is 11.0. The lowest BCUT2D eigenvalue weighted by atomic mass is 10.1. The Morgan fingerprint density at radius 1 is 1.28 bits per heavy atom. The first-order chi connectivity index (χ1) is 12.0. The summed E-state index contributed by atoms with van der Waals surface area (Å²) in [4.78, 5) is 15.2. The Balaban J connectivity index is 1.73. The zero-order chi connectivity index (χ0) is 18.0. The topological polar surface area (TPSA) is 50.4 Å². The van der Waals surface area contributed by atoms with Crippen molar-refractivity contribution in [2.24, 2.45) is 0 Å². The SMILES string of the molecule is Cc1cc(C(=O)NC[C@H](c2ccco2)N2CCCC2)c(C)n1C(C)C. The van der Waals surface area contributed by atoms with Crippen molar-refractivity contribution < 1.29 is 9.21 Å². The summed E-state index contributed by atoms with van der Waals surface area (Å²) < 4.78 is 7.84. The van der Waals surface area contributed by atoms with Crippen molar-refractivity contribution in [3.05, 3.63) is 47.2 Å². The first-order valence-corrected chi connectivity index (χ1v) is 9.23. The minimum Gasteiger partial charge on any atom is -0.468 e. The summed E-state index contributed by atoms with van der Waals surface area (Å²) in [5.41, 5.74) is 2.92. The number of rotatable bonds is 6. The van der Waals surface area contributed by atoms with Crippen LogP contribution in [0.5, 0.6) is 0 Å². The first-order valence-electron chi connectivity index (χ1n) is 9.23. The molecule has 0 unspecified atom stereocenters. The number of aryl methyl sites for hydroxylation is 1. The lowest BCUT2D eigenvalue weighted by molar-refractivity contribution is 0.0933. The number of likely N-dealkylation sites (tertiary alicyclic amines) is 1. The molecule has 2 aromatic rings. The Morgan fingerprint density at radius 2 is 2.00 bits per heavy atom. The lowest BCUT2D eigenvalue weighted by Crippen LogP contribution is -2.36. The molecule has 0 aromatic carbocycles. The fourth-order valence-corrected chi connectivity index (χ4v) is 4.03. The molecule has 3 heterocycles. The third-order valence-corrected chi connectivity index (χ3v) is 5.15. The van der Waals surface area contributed by atoms with Crippen LogP contribution < -0.4 is 5.32 Å². The summed E-state index contributed by atoms with van der Waals surface area (Å²) >= 11 is 0. The normalized spacial score (nSPS) is 16.5. The maximum absolute atomic E-state index is 12.8. The quantitative estimate of drug-likeness (QED) is 0.867. The molecular formula is C20H29N3O2. The van der Waals surface area contributed by atoms with E-state index >= 15 is 0 Å². The van der Waals surface area contributed by atoms with E-state index in [9.17, 15) is 4.79 Å². The number of nitrogens with one attached hydrogen (secondary N) is 1. The van der Waals surface area contributed by atoms with E-state index in [1.807, 2.05) is 25.1 Å². The molecule has 2 aromatic heterocycles. The number of nitrogens with zero attached hydrogens (tertiary/aromatic N) is 2. The molecule has 0 aliphatic carbocycles. The molecule has 1 amide bonds. The Labute approximate surface area is 150 Å². The molecule has 1 aliphatic heterocycles. The van der Waals surface area contributed by atoms with Gasteiger partial charge in [-0.1, -0.05) is 0 Å². The number of carbonyl (C=O) groups excluding carboxylic acids is 1. The average molecular weight is 343 g/mol. The van der Waals surface area contributed by atoms with Gasteiger partial charge in [0, 0.05) is 24.0 Å². The van der Waals surface area contributed by atoms with Crippen LogP contribution in [-0.4, -0.2) is 35.0 Å². The van der Waals surface area contributed by atoms with Gasteiger partial charge in [-0.2, -0.15) is 0 Å². The standard InChI is InChI=1S/C20H29N3O2/c1-14(2)23-15(3)12-17(16(23)4)20(24)21-13-18(19-8-7-11-25-19)22-9-5-6-10-22/h7-8,11-12,14,18H,5-6,9-10,13H2,1-4H3,(H,21,24)/t18-/m1/s1. The smallest absolute Gasteiger partial charge is 0.253 e. The predicted molar refractivity (Wildman–Crippen MR) is 98.9 cm³/mol. The van der Waals surface area contributed by atoms with Gasteiger partial charge in [0.05, 0.1) is 17.9 Å². The van der Waals surface area contributed by atoms with Crippen LogP contribution >= 0.6 is 0 Å². The highest BCUT2D eigenvalue weighted by Crippen LogP contribution is 2.25. The fraction of sp³-hybridized carbons (Fsp3) is 0.550. The number of furan rings is 1. The molecule has 3 rings (SSSR count). The van der Waals surface area contributed by atoms with Crippen LogP contribution in [0.2, 0.25) is 0 Å². The third-order valence-electron chi connectivity index (χ3n) is 5.15. The molecule has 1 fully saturated rings. The maximum Gasteiger partial charge on any atom is 0.253 e. The van der Waals surface area contributed by atoms with Gasteiger partial charge in [-0.3, -0.25) is 9.69 Å². The van der Waals surface area contributed by atoms with Gasteiger partial charge in [-0.25, -0.2) is 0 Å². The van der Waals surface area contributed by atoms with Gasteiger partial charge in [0.1, 0.15) is 5.76 Å². The van der Waals surface area contributed by atoms with Gasteiger partial charge in [0.25, 0.3) is 5.91 Å². The summed E-state index contributed by atoms with van der Waals surface area (Å²) in [7, 11) is 0. The van der Waals surface area contributed by atoms with Crippen molar-refractivity contribution in [1.82, 2.24) is 14.8 Å². The minimum atomic E-state index is -0.00393. The highest BCUT2D eigenvalue weighted by atomic mass is 16.3. The van der Waals surface area contributed by atoms with E-state index in [2.05, 4.69) is 35.6 Å². The molecule has 0 saturated carbocycles. The molecule has 5 heteroatoms. The van der Waals surface area contributed by atoms with E-state index < -0.39 is 0 Å². The van der Waals surface area contributed by atoms with E-state index in [-0.39, 0.29) is 11.9 Å². The number of carbonyl (C=O) groups is 1. The molecule has 136 valence electrons. The lowest BCUT2D eigenvalue weighted by Gasteiger charge is -2.26. The molecule has 1 saturated heterocycles. The van der Waals surface area contributed by atoms with Crippen molar-refractivity contribution in [1.29, 1.82) is 0 Å². The van der Waals surface area contributed by atoms with Crippen molar-refractivity contribution in [2.75, 3.05) is 19.6 Å². The van der Waals surface area contributed by atoms with Crippen molar-refractivity contribution in [3.63, 3.8) is 0 Å². The molecule has 1 N–H and O–H groups in total. The van der Waals surface area contributed by atoms with Crippen molar-refractivity contribution in [3.8, 4) is 0 Å². The Kier molecular flexibility index (Phi) is 5.33. The van der Waals surface area contributed by atoms with Crippen molar-refractivity contribution in [2.45, 2.75) is 52.6 Å². The number of hydrogen-bond acceptors (Lipinski definition) is 3. The fourth-order valence-electron chi connectivity index (χ4n) is 4.03. The van der Waals surface area contributed by atoms with Gasteiger partial charge in [0.15, 0.2) is 0 Å². The molecular weight excluding hydrogens is 314 g/mol. The Bertz CT molecular complexity index is 710. The van der Waals surface area contributed by atoms with E-state index in [0.717, 1.165) is 35.8 Å². The van der Waals surface area contributed by atoms with Gasteiger partial charge in [-0.05, 0) is 71.8 Å². The molecule has 0 spiro atoms. The Morgan fingerprint density at radius 3 is 2.56 bits per heavy atom. The summed E-state index contributed by atoms with van der Waals surface area (Å²) in [6, 6.07) is 6.36. The summed E-state index contributed by atoms with van der Waals surface area (Å²) in [5, 5.41) is 3.13. The molecule has 1 atom stereocenters. The van der Waals surface area contributed by atoms with Crippen LogP contribution in [0.3, 0.4) is 0 Å². The molecule has 1 aliphatic rings. The second-order valence-corrected chi connectivity index (χ2v) is 7.23. The number of aromatic nitrogens is 1. The maximum atomic E-state index is 12.8. The van der Waals surface area contributed by atoms with Crippen LogP contribution in [-0.2, 0) is 0 Å². The molecule has 25 heavy (non-hydrogen) atoms. The summed E-state index contributed by atoms with van der Waals surface area (Å²) in [6.07, 6.45) is 4.12. The monoisotopic (exact) mass is 343 g/mol. The number of amides is 1. The zero-order valence-corrected chi connectivity index (χ0v) is 15.7. The van der Waals surface area contributed by atoms with Gasteiger partial charge < -0.3 is 14.3 Å². The Hall–Kier alpha value is -2.01. The van der Waals surface area contributed by atoms with E-state index in [0.29, 0.717) is 12.6 Å². The second kappa shape index (κ2) is 7.48. The van der Waals surface area contributed by atoms with Crippen LogP contribution in [0.25, 0.3) is 0 Å². The van der Waals surface area contributed by atoms with E-state index in [4.69, 9.17) is 4.42 Å². The molecule has 0 radical (unpaired) electrons. The molecule has 0 bridgehead atoms. The highest BCUT2D eigenvalue weighted by molar-refractivity contribution is 5.95. The second-order valence-electron chi connectivity index (χ2n) is 7.23. The predicted octanol–water partition coefficient (Wildman–Crippen LogP) is 3.85. The average Bonchev–Trinajstić information content (AvgIpc) is 3.29. The van der Waals surface area contributed by atoms with Crippen LogP contribution in [0.1, 0.15) is 66.3 Å². The zero-order valence-electron chi connectivity index (χ0n) is 15.7. The van der Waals surface area contributed by atoms with Gasteiger partial charge >= 0.3 is 0 Å². The minimum absolute atomic E-state index is 0.00393. The van der Waals surface area contributed by atoms with Crippen LogP contribution in [0.15, 0.2) is 28.9 Å². The van der Waals surface area contributed by atoms with Crippen molar-refractivity contribution >= 4 is 5.91 Å². The van der Waals surface area contributed by atoms with E-state index in [1.54, 1.807) is 6.26 Å². The number of hydrogen-bond donors (Lipinski definition) is 1.